The molecule has 2 aliphatic carbocycles. The van der Waals surface area contributed by atoms with Gasteiger partial charge in [0.15, 0.2) is 0 Å². The van der Waals surface area contributed by atoms with Gasteiger partial charge in [0.1, 0.15) is 0 Å². The van der Waals surface area contributed by atoms with Crippen molar-refractivity contribution < 1.29 is 4.79 Å². The van der Waals surface area contributed by atoms with E-state index in [0.717, 1.165) is 19.0 Å². The van der Waals surface area contributed by atoms with E-state index in [1.54, 1.807) is 0 Å². The Morgan fingerprint density at radius 2 is 2.33 bits per heavy atom. The molecule has 96 valence electrons. The number of amides is 1. The van der Waals surface area contributed by atoms with Gasteiger partial charge in [0.05, 0.1) is 0 Å². The number of hydrogen-bond acceptors (Lipinski definition) is 2. The Bertz CT molecular complexity index is 427. The van der Waals surface area contributed by atoms with Crippen molar-refractivity contribution in [3.63, 3.8) is 0 Å². The molecule has 1 aliphatic heterocycles. The first-order chi connectivity index (χ1) is 8.76. The van der Waals surface area contributed by atoms with Crippen LogP contribution in [0.1, 0.15) is 19.3 Å². The van der Waals surface area contributed by atoms with Gasteiger partial charge in [-0.2, -0.15) is 0 Å². The van der Waals surface area contributed by atoms with Crippen LogP contribution in [0.15, 0.2) is 17.3 Å². The predicted molar refractivity (Wildman–Crippen MR) is 67.5 cm³/mol. The van der Waals surface area contributed by atoms with Crippen LogP contribution in [0.4, 0.5) is 0 Å². The third-order valence-corrected chi connectivity index (χ3v) is 4.57. The predicted octanol–water partition coefficient (Wildman–Crippen LogP) is 2.36. The maximum atomic E-state index is 11.9. The van der Waals surface area contributed by atoms with E-state index < -0.39 is 0 Å². The molecule has 0 radical (unpaired) electrons. The van der Waals surface area contributed by atoms with Gasteiger partial charge in [0, 0.05) is 31.0 Å². The molecule has 4 unspecified atom stereocenters. The molecule has 5 heteroatoms. The van der Waals surface area contributed by atoms with Crippen molar-refractivity contribution in [2.45, 2.75) is 19.3 Å². The molecule has 5 nitrogen and oxygen atoms in total. The van der Waals surface area contributed by atoms with Crippen molar-refractivity contribution in [3.05, 3.63) is 22.6 Å². The summed E-state index contributed by atoms with van der Waals surface area (Å²) in [7, 11) is 0. The fraction of sp³-hybridized carbons (Fsp3) is 0.769. The molecule has 2 bridgehead atoms. The number of likely N-dealkylation sites (tertiary alicyclic amines) is 1. The summed E-state index contributed by atoms with van der Waals surface area (Å²) in [6.07, 6.45) is 7.74. The van der Waals surface area contributed by atoms with E-state index in [1.807, 2.05) is 4.90 Å². The Kier molecular flexibility index (Phi) is 3.00. The quantitative estimate of drug-likeness (QED) is 0.325. The Morgan fingerprint density at radius 3 is 3.00 bits per heavy atom. The summed E-state index contributed by atoms with van der Waals surface area (Å²) < 4.78 is 0. The minimum atomic E-state index is 0.225. The van der Waals surface area contributed by atoms with Gasteiger partial charge in [-0.3, -0.25) is 4.79 Å². The zero-order chi connectivity index (χ0) is 12.5. The molecule has 0 aromatic heterocycles. The summed E-state index contributed by atoms with van der Waals surface area (Å²) in [6, 6.07) is 0. The van der Waals surface area contributed by atoms with Gasteiger partial charge < -0.3 is 4.90 Å². The minimum absolute atomic E-state index is 0.225. The molecular weight excluding hydrogens is 228 g/mol. The first-order valence-corrected chi connectivity index (χ1v) is 6.73. The average molecular weight is 246 g/mol. The van der Waals surface area contributed by atoms with Crippen molar-refractivity contribution >= 4 is 5.91 Å². The summed E-state index contributed by atoms with van der Waals surface area (Å²) in [4.78, 5) is 16.7. The highest BCUT2D eigenvalue weighted by Crippen LogP contribution is 2.44. The number of carbonyl (C=O) groups is 1. The van der Waals surface area contributed by atoms with Gasteiger partial charge in [-0.05, 0) is 42.0 Å². The highest BCUT2D eigenvalue weighted by atomic mass is 16.2. The summed E-state index contributed by atoms with van der Waals surface area (Å²) in [5, 5.41) is 3.58. The van der Waals surface area contributed by atoms with E-state index >= 15 is 0 Å². The van der Waals surface area contributed by atoms with Crippen molar-refractivity contribution in [1.82, 2.24) is 4.90 Å². The number of carbonyl (C=O) groups excluding carboxylic acids is 1. The second-order valence-corrected chi connectivity index (χ2v) is 5.82. The normalized spacial score (nSPS) is 37.3. The molecule has 1 saturated carbocycles. The lowest BCUT2D eigenvalue weighted by Crippen LogP contribution is -2.32. The van der Waals surface area contributed by atoms with Crippen molar-refractivity contribution in [2.24, 2.45) is 28.8 Å². The third kappa shape index (κ3) is 2.10. The summed E-state index contributed by atoms with van der Waals surface area (Å²) in [5.74, 6) is 2.57. The number of rotatable bonds is 4. The SMILES string of the molecule is [N-]=[N+]=NCC1CC(=O)N(CC2CC3C=CC2C3)C1. The van der Waals surface area contributed by atoms with Crippen LogP contribution in [-0.4, -0.2) is 30.4 Å². The van der Waals surface area contributed by atoms with Gasteiger partial charge in [0.25, 0.3) is 0 Å². The van der Waals surface area contributed by atoms with Crippen LogP contribution in [0.3, 0.4) is 0 Å². The van der Waals surface area contributed by atoms with Crippen LogP contribution in [0.2, 0.25) is 0 Å². The highest BCUT2D eigenvalue weighted by molar-refractivity contribution is 5.78. The molecule has 0 aromatic carbocycles. The molecule has 1 amide bonds. The lowest BCUT2D eigenvalue weighted by Gasteiger charge is -2.25. The Morgan fingerprint density at radius 1 is 1.44 bits per heavy atom. The molecule has 2 fully saturated rings. The lowest BCUT2D eigenvalue weighted by molar-refractivity contribution is -0.128. The van der Waals surface area contributed by atoms with Crippen LogP contribution in [0.25, 0.3) is 10.4 Å². The fourth-order valence-corrected chi connectivity index (χ4v) is 3.69. The maximum Gasteiger partial charge on any atom is 0.222 e. The molecule has 0 aromatic rings. The van der Waals surface area contributed by atoms with Crippen LogP contribution in [-0.2, 0) is 4.79 Å². The molecular formula is C13H18N4O. The van der Waals surface area contributed by atoms with Crippen LogP contribution >= 0.6 is 0 Å². The molecule has 0 spiro atoms. The number of allylic oxidation sites excluding steroid dienone is 2. The summed E-state index contributed by atoms with van der Waals surface area (Å²) >= 11 is 0. The van der Waals surface area contributed by atoms with Gasteiger partial charge in [-0.15, -0.1) is 0 Å². The monoisotopic (exact) mass is 246 g/mol. The Hall–Kier alpha value is -1.48. The van der Waals surface area contributed by atoms with E-state index in [9.17, 15) is 4.79 Å². The standard InChI is InChI=1S/C13H18N4O/c14-16-15-6-10-5-13(18)17(7-10)8-12-4-9-1-2-11(12)3-9/h1-2,9-12H,3-8H2. The molecule has 18 heavy (non-hydrogen) atoms. The first kappa shape index (κ1) is 11.6. The minimum Gasteiger partial charge on any atom is -0.342 e. The van der Waals surface area contributed by atoms with E-state index in [4.69, 9.17) is 5.53 Å². The maximum absolute atomic E-state index is 11.9. The van der Waals surface area contributed by atoms with Gasteiger partial charge in [-0.1, -0.05) is 17.3 Å². The lowest BCUT2D eigenvalue weighted by atomic mass is 9.93. The molecule has 4 atom stereocenters. The largest absolute Gasteiger partial charge is 0.342 e. The van der Waals surface area contributed by atoms with Crippen molar-refractivity contribution in [3.8, 4) is 0 Å². The molecule has 3 aliphatic rings. The smallest absolute Gasteiger partial charge is 0.222 e. The second-order valence-electron chi connectivity index (χ2n) is 5.82. The van der Waals surface area contributed by atoms with Gasteiger partial charge in [-0.25, -0.2) is 0 Å². The second kappa shape index (κ2) is 4.65. The number of fused-ring (bicyclic) bond motifs is 2. The average Bonchev–Trinajstić information content (AvgIpc) is 3.04. The van der Waals surface area contributed by atoms with E-state index in [1.165, 1.54) is 12.8 Å². The number of nitrogens with zero attached hydrogens (tertiary/aromatic N) is 4. The zero-order valence-corrected chi connectivity index (χ0v) is 10.4. The zero-order valence-electron chi connectivity index (χ0n) is 10.4. The van der Waals surface area contributed by atoms with E-state index in [-0.39, 0.29) is 11.8 Å². The van der Waals surface area contributed by atoms with Crippen LogP contribution < -0.4 is 0 Å². The van der Waals surface area contributed by atoms with E-state index in [0.29, 0.717) is 24.8 Å². The van der Waals surface area contributed by atoms with Crippen LogP contribution in [0.5, 0.6) is 0 Å². The molecule has 3 rings (SSSR count). The Balaban J connectivity index is 1.55. The summed E-state index contributed by atoms with van der Waals surface area (Å²) in [5.41, 5.74) is 8.31. The topological polar surface area (TPSA) is 69.1 Å². The third-order valence-electron chi connectivity index (χ3n) is 4.57. The Labute approximate surface area is 106 Å². The fourth-order valence-electron chi connectivity index (χ4n) is 3.69. The van der Waals surface area contributed by atoms with Crippen LogP contribution in [0, 0.1) is 23.7 Å². The molecule has 0 N–H and O–H groups in total. The van der Waals surface area contributed by atoms with Crippen molar-refractivity contribution in [2.75, 3.05) is 19.6 Å². The molecule has 1 heterocycles. The van der Waals surface area contributed by atoms with Gasteiger partial charge >= 0.3 is 0 Å². The molecule has 1 saturated heterocycles. The first-order valence-electron chi connectivity index (χ1n) is 6.73. The van der Waals surface area contributed by atoms with Gasteiger partial charge in [0.2, 0.25) is 5.91 Å². The van der Waals surface area contributed by atoms with E-state index in [2.05, 4.69) is 22.2 Å². The summed E-state index contributed by atoms with van der Waals surface area (Å²) in [6.45, 7) is 2.13. The number of hydrogen-bond donors (Lipinski definition) is 0. The van der Waals surface area contributed by atoms with Crippen molar-refractivity contribution in [1.29, 1.82) is 0 Å². The highest BCUT2D eigenvalue weighted by Gasteiger charge is 2.39. The number of azide groups is 1.